The second-order valence-electron chi connectivity index (χ2n) is 2.65. The quantitative estimate of drug-likeness (QED) is 0.801. The number of primary amides is 1. The van der Waals surface area contributed by atoms with Crippen LogP contribution in [0.15, 0.2) is 28.7 Å². The second kappa shape index (κ2) is 4.76. The number of urea groups is 1. The van der Waals surface area contributed by atoms with Crippen LogP contribution in [0.25, 0.3) is 0 Å². The van der Waals surface area contributed by atoms with Gasteiger partial charge in [-0.3, -0.25) is 4.79 Å². The highest BCUT2D eigenvalue weighted by atomic mass is 79.9. The molecule has 2 amide bonds. The number of halogens is 1. The van der Waals surface area contributed by atoms with Crippen LogP contribution in [0.1, 0.15) is 10.4 Å². The summed E-state index contributed by atoms with van der Waals surface area (Å²) in [6.07, 6.45) is 0. The summed E-state index contributed by atoms with van der Waals surface area (Å²) in [6, 6.07) is 6.18. The SMILES string of the molecule is NC(=O)NCC(=O)c1ccc(Br)cc1. The van der Waals surface area contributed by atoms with Crippen LogP contribution in [0.3, 0.4) is 0 Å². The van der Waals surface area contributed by atoms with Crippen molar-refractivity contribution in [1.29, 1.82) is 0 Å². The Labute approximate surface area is 89.6 Å². The minimum absolute atomic E-state index is 0.0725. The summed E-state index contributed by atoms with van der Waals surface area (Å²) in [7, 11) is 0. The number of rotatable bonds is 3. The summed E-state index contributed by atoms with van der Waals surface area (Å²) in [5.74, 6) is -0.170. The molecule has 0 aromatic heterocycles. The van der Waals surface area contributed by atoms with Gasteiger partial charge in [0.1, 0.15) is 0 Å². The van der Waals surface area contributed by atoms with Crippen LogP contribution in [0.5, 0.6) is 0 Å². The largest absolute Gasteiger partial charge is 0.352 e. The zero-order valence-electron chi connectivity index (χ0n) is 7.29. The van der Waals surface area contributed by atoms with Gasteiger partial charge in [-0.1, -0.05) is 28.1 Å². The lowest BCUT2D eigenvalue weighted by Crippen LogP contribution is -2.33. The Morgan fingerprint density at radius 3 is 2.36 bits per heavy atom. The van der Waals surface area contributed by atoms with E-state index >= 15 is 0 Å². The lowest BCUT2D eigenvalue weighted by molar-refractivity contribution is 0.0993. The Morgan fingerprint density at radius 1 is 1.29 bits per heavy atom. The summed E-state index contributed by atoms with van der Waals surface area (Å²) in [5.41, 5.74) is 5.38. The predicted octanol–water partition coefficient (Wildman–Crippen LogP) is 1.30. The fourth-order valence-corrected chi connectivity index (χ4v) is 1.17. The van der Waals surface area contributed by atoms with Crippen LogP contribution in [0.4, 0.5) is 4.79 Å². The molecule has 0 fully saturated rings. The highest BCUT2D eigenvalue weighted by Crippen LogP contribution is 2.10. The van der Waals surface area contributed by atoms with Gasteiger partial charge >= 0.3 is 6.03 Å². The minimum Gasteiger partial charge on any atom is -0.352 e. The fourth-order valence-electron chi connectivity index (χ4n) is 0.905. The van der Waals surface area contributed by atoms with E-state index < -0.39 is 6.03 Å². The van der Waals surface area contributed by atoms with Crippen LogP contribution < -0.4 is 11.1 Å². The van der Waals surface area contributed by atoms with Gasteiger partial charge in [0.15, 0.2) is 5.78 Å². The number of nitrogens with one attached hydrogen (secondary N) is 1. The summed E-state index contributed by atoms with van der Waals surface area (Å²) < 4.78 is 0.900. The van der Waals surface area contributed by atoms with Gasteiger partial charge in [-0.15, -0.1) is 0 Å². The Kier molecular flexibility index (Phi) is 3.64. The van der Waals surface area contributed by atoms with Crippen molar-refractivity contribution in [3.8, 4) is 0 Å². The van der Waals surface area contributed by atoms with E-state index in [0.29, 0.717) is 5.56 Å². The van der Waals surface area contributed by atoms with Crippen molar-refractivity contribution in [2.24, 2.45) is 5.73 Å². The molecular formula is C9H9BrN2O2. The number of nitrogens with two attached hydrogens (primary N) is 1. The molecule has 0 spiro atoms. The average molecular weight is 257 g/mol. The molecule has 0 aliphatic carbocycles. The number of hydrogen-bond donors (Lipinski definition) is 2. The van der Waals surface area contributed by atoms with E-state index in [-0.39, 0.29) is 12.3 Å². The summed E-state index contributed by atoms with van der Waals surface area (Å²) in [6.45, 7) is -0.0725. The smallest absolute Gasteiger partial charge is 0.312 e. The van der Waals surface area contributed by atoms with E-state index in [1.54, 1.807) is 24.3 Å². The first-order valence-electron chi connectivity index (χ1n) is 3.91. The molecule has 0 saturated heterocycles. The number of carbonyl (C=O) groups is 2. The molecule has 1 rings (SSSR count). The van der Waals surface area contributed by atoms with Crippen LogP contribution in [0.2, 0.25) is 0 Å². The fraction of sp³-hybridized carbons (Fsp3) is 0.111. The van der Waals surface area contributed by atoms with E-state index in [0.717, 1.165) is 4.47 Å². The number of benzene rings is 1. The Bertz CT molecular complexity index is 348. The molecule has 0 saturated carbocycles. The molecule has 1 aromatic rings. The molecule has 14 heavy (non-hydrogen) atoms. The third kappa shape index (κ3) is 3.18. The summed E-state index contributed by atoms with van der Waals surface area (Å²) in [5, 5.41) is 2.24. The lowest BCUT2D eigenvalue weighted by atomic mass is 10.1. The number of ketones is 1. The maximum Gasteiger partial charge on any atom is 0.312 e. The van der Waals surface area contributed by atoms with Gasteiger partial charge in [0, 0.05) is 10.0 Å². The second-order valence-corrected chi connectivity index (χ2v) is 3.56. The zero-order valence-corrected chi connectivity index (χ0v) is 8.87. The van der Waals surface area contributed by atoms with Crippen molar-refractivity contribution in [3.05, 3.63) is 34.3 Å². The number of hydrogen-bond acceptors (Lipinski definition) is 2. The van der Waals surface area contributed by atoms with E-state index in [4.69, 9.17) is 5.73 Å². The molecule has 0 aliphatic rings. The Hall–Kier alpha value is -1.36. The van der Waals surface area contributed by atoms with Crippen molar-refractivity contribution in [2.45, 2.75) is 0 Å². The van der Waals surface area contributed by atoms with E-state index in [2.05, 4.69) is 21.2 Å². The number of Topliss-reactive ketones (excluding diaryl/α,β-unsaturated/α-hetero) is 1. The maximum atomic E-state index is 11.4. The molecular weight excluding hydrogens is 248 g/mol. The predicted molar refractivity (Wildman–Crippen MR) is 56.1 cm³/mol. The van der Waals surface area contributed by atoms with Gasteiger partial charge in [-0.05, 0) is 12.1 Å². The third-order valence-corrected chi connectivity index (χ3v) is 2.12. The first-order chi connectivity index (χ1) is 6.59. The molecule has 5 heteroatoms. The maximum absolute atomic E-state index is 11.4. The molecule has 0 aliphatic heterocycles. The average Bonchev–Trinajstić information content (AvgIpc) is 2.15. The molecule has 0 unspecified atom stereocenters. The van der Waals surface area contributed by atoms with Crippen LogP contribution in [0, 0.1) is 0 Å². The molecule has 4 nitrogen and oxygen atoms in total. The van der Waals surface area contributed by atoms with Crippen LogP contribution in [-0.2, 0) is 0 Å². The van der Waals surface area contributed by atoms with Crippen molar-refractivity contribution < 1.29 is 9.59 Å². The number of carbonyl (C=O) groups excluding carboxylic acids is 2. The van der Waals surface area contributed by atoms with Crippen molar-refractivity contribution in [2.75, 3.05) is 6.54 Å². The van der Waals surface area contributed by atoms with Gasteiger partial charge in [0.2, 0.25) is 0 Å². The van der Waals surface area contributed by atoms with Gasteiger partial charge in [-0.2, -0.15) is 0 Å². The van der Waals surface area contributed by atoms with Gasteiger partial charge < -0.3 is 11.1 Å². The molecule has 1 aromatic carbocycles. The molecule has 0 radical (unpaired) electrons. The first-order valence-corrected chi connectivity index (χ1v) is 4.71. The highest BCUT2D eigenvalue weighted by Gasteiger charge is 2.05. The van der Waals surface area contributed by atoms with Gasteiger partial charge in [0.05, 0.1) is 6.54 Å². The van der Waals surface area contributed by atoms with Crippen molar-refractivity contribution in [3.63, 3.8) is 0 Å². The Morgan fingerprint density at radius 2 is 1.86 bits per heavy atom. The summed E-state index contributed by atoms with van der Waals surface area (Å²) in [4.78, 5) is 21.7. The third-order valence-electron chi connectivity index (χ3n) is 1.59. The molecule has 0 bridgehead atoms. The molecule has 74 valence electrons. The van der Waals surface area contributed by atoms with E-state index in [9.17, 15) is 9.59 Å². The lowest BCUT2D eigenvalue weighted by Gasteiger charge is -2.01. The summed E-state index contributed by atoms with van der Waals surface area (Å²) >= 11 is 3.26. The van der Waals surface area contributed by atoms with E-state index in [1.165, 1.54) is 0 Å². The topological polar surface area (TPSA) is 72.2 Å². The molecule has 3 N–H and O–H groups in total. The van der Waals surface area contributed by atoms with E-state index in [1.807, 2.05) is 0 Å². The molecule has 0 atom stereocenters. The first kappa shape index (κ1) is 10.7. The van der Waals surface area contributed by atoms with Gasteiger partial charge in [0.25, 0.3) is 0 Å². The van der Waals surface area contributed by atoms with Crippen LogP contribution in [-0.4, -0.2) is 18.4 Å². The van der Waals surface area contributed by atoms with Crippen LogP contribution >= 0.6 is 15.9 Å². The Balaban J connectivity index is 2.61. The standard InChI is InChI=1S/C9H9BrN2O2/c10-7-3-1-6(2-4-7)8(13)5-12-9(11)14/h1-4H,5H2,(H3,11,12,14). The zero-order chi connectivity index (χ0) is 10.6. The minimum atomic E-state index is -0.699. The van der Waals surface area contributed by atoms with Crippen molar-refractivity contribution >= 4 is 27.7 Å². The number of amides is 2. The normalized spacial score (nSPS) is 9.50. The van der Waals surface area contributed by atoms with Crippen molar-refractivity contribution in [1.82, 2.24) is 5.32 Å². The van der Waals surface area contributed by atoms with Gasteiger partial charge in [-0.25, -0.2) is 4.79 Å². The highest BCUT2D eigenvalue weighted by molar-refractivity contribution is 9.10. The monoisotopic (exact) mass is 256 g/mol. The molecule has 0 heterocycles.